The summed E-state index contributed by atoms with van der Waals surface area (Å²) in [4.78, 5) is 0. The molecule has 1 heterocycles. The van der Waals surface area contributed by atoms with Crippen LogP contribution < -0.4 is 24.8 Å². The average molecular weight is 744 g/mol. The summed E-state index contributed by atoms with van der Waals surface area (Å²) in [6.45, 7) is 9.35. The summed E-state index contributed by atoms with van der Waals surface area (Å²) in [5, 5.41) is 0. The maximum atomic E-state index is 2.56. The summed E-state index contributed by atoms with van der Waals surface area (Å²) in [6.07, 6.45) is 7.30. The van der Waals surface area contributed by atoms with Gasteiger partial charge in [0, 0.05) is 0 Å². The Labute approximate surface area is 263 Å². The van der Waals surface area contributed by atoms with E-state index < -0.39 is 20.0 Å². The van der Waals surface area contributed by atoms with Gasteiger partial charge in [0.25, 0.3) is 0 Å². The van der Waals surface area contributed by atoms with Gasteiger partial charge in [0.1, 0.15) is 0 Å². The molecule has 4 aromatic rings. The number of rotatable bonds is 6. The number of benzene rings is 4. The van der Waals surface area contributed by atoms with Crippen molar-refractivity contribution in [1.82, 2.24) is 0 Å². The standard InChI is InChI=1S/2C18H17.C2H4.2ClH.Hf/c2*1-3-14-7-9-15(10-8-14)17-6-4-5-16-11-13(2)12-18(16)17;1-2;;;/h2*4-12H,3H2,1-2H3;1-2H2;2*1H;/q;;;;;+2/p-2. The molecule has 208 valence electrons. The summed E-state index contributed by atoms with van der Waals surface area (Å²) in [5.74, 6) is 0. The van der Waals surface area contributed by atoms with Crippen molar-refractivity contribution in [2.75, 3.05) is 0 Å². The van der Waals surface area contributed by atoms with Crippen LogP contribution in [-0.2, 0) is 32.8 Å². The normalized spacial score (nSPS) is 18.5. The molecule has 41 heavy (non-hydrogen) atoms. The van der Waals surface area contributed by atoms with Gasteiger partial charge in [-0.2, -0.15) is 0 Å². The Bertz CT molecular complexity index is 1520. The number of hydrogen-bond donors (Lipinski definition) is 0. The summed E-state index contributed by atoms with van der Waals surface area (Å²) < 4.78 is 4.44. The van der Waals surface area contributed by atoms with Crippen molar-refractivity contribution in [3.05, 3.63) is 129 Å². The Balaban J connectivity index is 0.00000169. The molecule has 2 atom stereocenters. The van der Waals surface area contributed by atoms with E-state index in [1.807, 2.05) is 0 Å². The molecule has 0 saturated carbocycles. The van der Waals surface area contributed by atoms with E-state index in [2.05, 4.69) is 125 Å². The van der Waals surface area contributed by atoms with Crippen molar-refractivity contribution in [3.63, 3.8) is 0 Å². The molecule has 3 aliphatic rings. The monoisotopic (exact) mass is 744 g/mol. The largest absolute Gasteiger partial charge is 1.00 e. The van der Waals surface area contributed by atoms with Gasteiger partial charge in [-0.25, -0.2) is 0 Å². The quantitative estimate of drug-likeness (QED) is 0.250. The fourth-order valence-corrected chi connectivity index (χ4v) is 36.1. The minimum Gasteiger partial charge on any atom is -1.00 e. The Morgan fingerprint density at radius 3 is 1.29 bits per heavy atom. The number of fused-ring (bicyclic) bond motifs is 2. The van der Waals surface area contributed by atoms with E-state index in [1.165, 1.54) is 52.9 Å². The zero-order valence-electron chi connectivity index (χ0n) is 24.5. The second-order valence-electron chi connectivity index (χ2n) is 12.1. The first-order valence-corrected chi connectivity index (χ1v) is 24.1. The van der Waals surface area contributed by atoms with Crippen LogP contribution in [0, 0.1) is 0 Å². The molecular weight excluding hydrogens is 706 g/mol. The fraction of sp³-hybridized carbons (Fsp3) is 0.263. The van der Waals surface area contributed by atoms with Crippen LogP contribution in [-0.4, -0.2) is 0 Å². The number of aryl methyl sites for hydroxylation is 2. The summed E-state index contributed by atoms with van der Waals surface area (Å²) in [7, 11) is 0. The smallest absolute Gasteiger partial charge is 1.00 e. The molecule has 1 saturated heterocycles. The Morgan fingerprint density at radius 2 is 0.951 bits per heavy atom. The topological polar surface area (TPSA) is 0 Å². The third-order valence-electron chi connectivity index (χ3n) is 9.88. The molecule has 0 radical (unpaired) electrons. The molecule has 2 unspecified atom stereocenters. The first-order chi connectivity index (χ1) is 19.0. The van der Waals surface area contributed by atoms with E-state index in [-0.39, 0.29) is 24.8 Å². The molecule has 7 rings (SSSR count). The maximum Gasteiger partial charge on any atom is -1.00 e. The van der Waals surface area contributed by atoms with E-state index in [0.717, 1.165) is 12.8 Å². The van der Waals surface area contributed by atoms with Crippen molar-refractivity contribution >= 4 is 12.2 Å². The van der Waals surface area contributed by atoms with Gasteiger partial charge in [0.05, 0.1) is 0 Å². The fourth-order valence-electron chi connectivity index (χ4n) is 7.86. The molecule has 0 amide bonds. The zero-order chi connectivity index (χ0) is 26.7. The minimum absolute atomic E-state index is 0. The molecule has 0 spiro atoms. The van der Waals surface area contributed by atoms with E-state index >= 15 is 0 Å². The maximum absolute atomic E-state index is 2.77. The van der Waals surface area contributed by atoms with Crippen molar-refractivity contribution in [2.45, 2.75) is 56.2 Å². The van der Waals surface area contributed by atoms with Crippen molar-refractivity contribution in [2.24, 2.45) is 0 Å². The van der Waals surface area contributed by atoms with Gasteiger partial charge in [-0.15, -0.1) is 0 Å². The van der Waals surface area contributed by atoms with E-state index in [9.17, 15) is 0 Å². The molecule has 1 fully saturated rings. The molecular formula is C38H38Cl2Hf. The van der Waals surface area contributed by atoms with Crippen LogP contribution in [0.4, 0.5) is 0 Å². The molecule has 4 aromatic carbocycles. The van der Waals surface area contributed by atoms with Crippen molar-refractivity contribution in [3.8, 4) is 22.3 Å². The van der Waals surface area contributed by atoms with Crippen LogP contribution in [0.2, 0.25) is 8.35 Å². The SMILES string of the molecule is CCc1ccc(-c2cccc3c2C=C(C)[CH]3[Hf+2]2([CH]3C(C)=Cc4c(-c5ccc(CC)cc5)cccc43)[CH2][CH2]2)cc1.[Cl-].[Cl-]. The summed E-state index contributed by atoms with van der Waals surface area (Å²) in [6, 6.07) is 32.8. The third-order valence-corrected chi connectivity index (χ3v) is 29.6. The molecule has 1 aliphatic heterocycles. The van der Waals surface area contributed by atoms with Gasteiger partial charge >= 0.3 is 240 Å². The summed E-state index contributed by atoms with van der Waals surface area (Å²) >= 11 is -2.77. The average Bonchev–Trinajstić information content (AvgIpc) is 3.55. The van der Waals surface area contributed by atoms with Crippen molar-refractivity contribution in [1.29, 1.82) is 0 Å². The Kier molecular flexibility index (Phi) is 8.73. The first kappa shape index (κ1) is 30.3. The van der Waals surface area contributed by atoms with E-state index in [1.54, 1.807) is 22.3 Å². The van der Waals surface area contributed by atoms with Crippen LogP contribution in [0.5, 0.6) is 0 Å². The van der Waals surface area contributed by atoms with Crippen LogP contribution in [0.3, 0.4) is 0 Å². The molecule has 2 aliphatic carbocycles. The van der Waals surface area contributed by atoms with Gasteiger partial charge in [0.2, 0.25) is 0 Å². The predicted molar refractivity (Wildman–Crippen MR) is 165 cm³/mol. The van der Waals surface area contributed by atoms with Crippen LogP contribution in [0.15, 0.2) is 96.1 Å². The molecule has 3 heteroatoms. The first-order valence-electron chi connectivity index (χ1n) is 14.8. The number of halogens is 2. The second kappa shape index (κ2) is 11.8. The Hall–Kier alpha value is -2.19. The van der Waals surface area contributed by atoms with Crippen LogP contribution in [0.25, 0.3) is 34.4 Å². The zero-order valence-corrected chi connectivity index (χ0v) is 29.6. The van der Waals surface area contributed by atoms with Crippen LogP contribution >= 0.6 is 0 Å². The van der Waals surface area contributed by atoms with Gasteiger partial charge < -0.3 is 24.8 Å². The predicted octanol–water partition coefficient (Wildman–Crippen LogP) is 4.77. The Morgan fingerprint density at radius 1 is 0.561 bits per heavy atom. The van der Waals surface area contributed by atoms with Crippen molar-refractivity contribution < 1.29 is 44.8 Å². The van der Waals surface area contributed by atoms with Gasteiger partial charge in [-0.3, -0.25) is 0 Å². The number of allylic oxidation sites excluding steroid dienone is 2. The van der Waals surface area contributed by atoms with Gasteiger partial charge in [-0.05, 0) is 0 Å². The number of hydrogen-bond acceptors (Lipinski definition) is 0. The summed E-state index contributed by atoms with van der Waals surface area (Å²) in [5.41, 5.74) is 17.9. The molecule has 0 bridgehead atoms. The van der Waals surface area contributed by atoms with E-state index in [4.69, 9.17) is 0 Å². The van der Waals surface area contributed by atoms with Gasteiger partial charge in [0.15, 0.2) is 0 Å². The molecule has 0 aromatic heterocycles. The molecule has 0 nitrogen and oxygen atoms in total. The molecule has 0 N–H and O–H groups in total. The second-order valence-corrected chi connectivity index (χ2v) is 28.7. The van der Waals surface area contributed by atoms with Crippen LogP contribution in [0.1, 0.15) is 68.4 Å². The minimum atomic E-state index is -2.77. The van der Waals surface area contributed by atoms with Gasteiger partial charge in [-0.1, -0.05) is 0 Å². The van der Waals surface area contributed by atoms with E-state index in [0.29, 0.717) is 7.35 Å². The third kappa shape index (κ3) is 4.97.